The molecule has 0 spiro atoms. The van der Waals surface area contributed by atoms with Crippen molar-refractivity contribution in [1.82, 2.24) is 4.72 Å². The summed E-state index contributed by atoms with van der Waals surface area (Å²) in [6.45, 7) is 3.74. The molecular formula is C21H26N4O6S2. The van der Waals surface area contributed by atoms with Gasteiger partial charge in [0.05, 0.1) is 23.9 Å². The number of nitrogens with one attached hydrogen (secondary N) is 3. The molecule has 0 aliphatic carbocycles. The first-order chi connectivity index (χ1) is 15.4. The van der Waals surface area contributed by atoms with Crippen LogP contribution in [0.1, 0.15) is 25.8 Å². The number of hydrogen-bond acceptors (Lipinski definition) is 7. The highest BCUT2D eigenvalue weighted by atomic mass is 32.2. The fourth-order valence-corrected chi connectivity index (χ4v) is 5.12. The quantitative estimate of drug-likeness (QED) is 0.513. The molecule has 1 amide bonds. The van der Waals surface area contributed by atoms with Gasteiger partial charge in [-0.05, 0) is 36.2 Å². The summed E-state index contributed by atoms with van der Waals surface area (Å²) in [5.41, 5.74) is 0.900. The number of hydrogen-bond donors (Lipinski definition) is 3. The smallest absolute Gasteiger partial charge is 0.263 e. The van der Waals surface area contributed by atoms with Gasteiger partial charge in [0.2, 0.25) is 15.9 Å². The van der Waals surface area contributed by atoms with E-state index < -0.39 is 32.0 Å². The largest absolute Gasteiger partial charge is 0.495 e. The van der Waals surface area contributed by atoms with Crippen LogP contribution >= 0.6 is 0 Å². The molecule has 3 rings (SSSR count). The van der Waals surface area contributed by atoms with Gasteiger partial charge in [-0.25, -0.2) is 16.8 Å². The molecule has 2 aromatic rings. The van der Waals surface area contributed by atoms with Gasteiger partial charge in [0.25, 0.3) is 10.0 Å². The van der Waals surface area contributed by atoms with E-state index in [2.05, 4.69) is 19.8 Å². The molecule has 1 aliphatic heterocycles. The zero-order chi connectivity index (χ0) is 24.4. The number of benzene rings is 2. The molecule has 3 N–H and O–H groups in total. The van der Waals surface area contributed by atoms with E-state index in [0.29, 0.717) is 17.7 Å². The lowest BCUT2D eigenvalue weighted by Crippen LogP contribution is -2.34. The van der Waals surface area contributed by atoms with Gasteiger partial charge in [-0.2, -0.15) is 0 Å². The second-order valence-electron chi connectivity index (χ2n) is 7.69. The Bertz CT molecular complexity index is 1310. The number of amides is 1. The number of nitrogens with zero attached hydrogens (tertiary/aromatic N) is 1. The van der Waals surface area contributed by atoms with Gasteiger partial charge in [-0.1, -0.05) is 32.4 Å². The molecular weight excluding hydrogens is 468 g/mol. The van der Waals surface area contributed by atoms with Crippen LogP contribution < -0.4 is 19.5 Å². The van der Waals surface area contributed by atoms with E-state index in [1.807, 2.05) is 13.8 Å². The summed E-state index contributed by atoms with van der Waals surface area (Å²) < 4.78 is 58.0. The van der Waals surface area contributed by atoms with Gasteiger partial charge in [0.1, 0.15) is 17.6 Å². The maximum absolute atomic E-state index is 13.2. The highest BCUT2D eigenvalue weighted by Crippen LogP contribution is 2.29. The lowest BCUT2D eigenvalue weighted by molar-refractivity contribution is -0.118. The zero-order valence-corrected chi connectivity index (χ0v) is 20.2. The predicted molar refractivity (Wildman–Crippen MR) is 127 cm³/mol. The monoisotopic (exact) mass is 494 g/mol. The summed E-state index contributed by atoms with van der Waals surface area (Å²) in [7, 11) is -5.91. The highest BCUT2D eigenvalue weighted by Gasteiger charge is 2.33. The van der Waals surface area contributed by atoms with Crippen LogP contribution in [0, 0.1) is 5.92 Å². The molecule has 0 saturated heterocycles. The summed E-state index contributed by atoms with van der Waals surface area (Å²) in [6, 6.07) is 10.1. The first-order valence-electron chi connectivity index (χ1n) is 10.1. The molecule has 33 heavy (non-hydrogen) atoms. The third kappa shape index (κ3) is 5.63. The zero-order valence-electron chi connectivity index (χ0n) is 18.6. The van der Waals surface area contributed by atoms with E-state index >= 15 is 0 Å². The molecule has 2 atom stereocenters. The van der Waals surface area contributed by atoms with E-state index in [1.165, 1.54) is 25.3 Å². The molecule has 0 fully saturated rings. The Labute approximate surface area is 193 Å². The molecule has 1 heterocycles. The SMILES string of the molecule is CC[C@H](C)[C@H](N=C1NS(=O)(=O)c2ccccc21)C(=O)Nc1ccc(OC)c(NS(C)(=O)=O)c1. The standard InChI is InChI=1S/C21H26N4O6S2/c1-5-13(2)19(23-20-15-8-6-7-9-18(15)33(29,30)25-20)21(26)22-14-10-11-17(31-3)16(12-14)24-32(4,27)28/h6-13,19,24H,5H2,1-4H3,(H,22,26)(H,23,25)/t13-,19-/m0/s1. The maximum Gasteiger partial charge on any atom is 0.263 e. The van der Waals surface area contributed by atoms with Crippen molar-refractivity contribution in [3.63, 3.8) is 0 Å². The number of sulfonamides is 2. The van der Waals surface area contributed by atoms with Crippen molar-refractivity contribution in [1.29, 1.82) is 0 Å². The van der Waals surface area contributed by atoms with Gasteiger partial charge < -0.3 is 10.1 Å². The van der Waals surface area contributed by atoms with Gasteiger partial charge >= 0.3 is 0 Å². The Morgan fingerprint density at radius 1 is 1.21 bits per heavy atom. The molecule has 10 nitrogen and oxygen atoms in total. The second kappa shape index (κ2) is 9.40. The molecule has 0 saturated carbocycles. The van der Waals surface area contributed by atoms with Crippen LogP contribution in [0.4, 0.5) is 11.4 Å². The average Bonchev–Trinajstić information content (AvgIpc) is 3.00. The van der Waals surface area contributed by atoms with Crippen molar-refractivity contribution in [2.75, 3.05) is 23.4 Å². The van der Waals surface area contributed by atoms with Crippen molar-refractivity contribution in [2.45, 2.75) is 31.2 Å². The third-order valence-electron chi connectivity index (χ3n) is 5.14. The molecule has 12 heteroatoms. The molecule has 178 valence electrons. The second-order valence-corrected chi connectivity index (χ2v) is 11.1. The summed E-state index contributed by atoms with van der Waals surface area (Å²) >= 11 is 0. The molecule has 0 radical (unpaired) electrons. The molecule has 2 aromatic carbocycles. The van der Waals surface area contributed by atoms with E-state index in [9.17, 15) is 21.6 Å². The van der Waals surface area contributed by atoms with Crippen molar-refractivity contribution in [2.24, 2.45) is 10.9 Å². The van der Waals surface area contributed by atoms with Crippen molar-refractivity contribution in [3.8, 4) is 5.75 Å². The third-order valence-corrected chi connectivity index (χ3v) is 7.13. The number of ether oxygens (including phenoxy) is 1. The first kappa shape index (κ1) is 24.5. The number of aliphatic imine (C=N–C) groups is 1. The predicted octanol–water partition coefficient (Wildman–Crippen LogP) is 2.16. The molecule has 0 aromatic heterocycles. The minimum Gasteiger partial charge on any atom is -0.495 e. The van der Waals surface area contributed by atoms with Crippen LogP contribution in [0.15, 0.2) is 52.4 Å². The molecule has 1 aliphatic rings. The Hall–Kier alpha value is -3.12. The van der Waals surface area contributed by atoms with Crippen LogP contribution in [0.2, 0.25) is 0 Å². The molecule has 0 bridgehead atoms. The van der Waals surface area contributed by atoms with Crippen molar-refractivity contribution >= 4 is 43.2 Å². The number of anilines is 2. The fourth-order valence-electron chi connectivity index (χ4n) is 3.32. The van der Waals surface area contributed by atoms with Crippen LogP contribution in [-0.2, 0) is 24.8 Å². The minimum absolute atomic E-state index is 0.110. The lowest BCUT2D eigenvalue weighted by atomic mass is 9.98. The Kier molecular flexibility index (Phi) is 6.98. The fraction of sp³-hybridized carbons (Fsp3) is 0.333. The van der Waals surface area contributed by atoms with E-state index in [4.69, 9.17) is 4.74 Å². The lowest BCUT2D eigenvalue weighted by Gasteiger charge is -2.20. The van der Waals surface area contributed by atoms with Crippen LogP contribution in [0.5, 0.6) is 5.75 Å². The number of carbonyl (C=O) groups excluding carboxylic acids is 1. The van der Waals surface area contributed by atoms with Crippen molar-refractivity contribution < 1.29 is 26.4 Å². The Morgan fingerprint density at radius 3 is 2.55 bits per heavy atom. The number of carbonyl (C=O) groups is 1. The van der Waals surface area contributed by atoms with Gasteiger partial charge in [-0.3, -0.25) is 19.2 Å². The highest BCUT2D eigenvalue weighted by molar-refractivity contribution is 7.92. The van der Waals surface area contributed by atoms with Gasteiger partial charge in [0, 0.05) is 11.3 Å². The Balaban J connectivity index is 1.94. The number of amidine groups is 1. The maximum atomic E-state index is 13.2. The normalized spacial score (nSPS) is 17.5. The summed E-state index contributed by atoms with van der Waals surface area (Å²) in [5, 5.41) is 2.74. The van der Waals surface area contributed by atoms with E-state index in [-0.39, 0.29) is 28.1 Å². The van der Waals surface area contributed by atoms with E-state index in [0.717, 1.165) is 6.26 Å². The summed E-state index contributed by atoms with van der Waals surface area (Å²) in [4.78, 5) is 17.7. The van der Waals surface area contributed by atoms with E-state index in [1.54, 1.807) is 24.3 Å². The average molecular weight is 495 g/mol. The van der Waals surface area contributed by atoms with Crippen LogP contribution in [0.3, 0.4) is 0 Å². The number of fused-ring (bicyclic) bond motifs is 1. The van der Waals surface area contributed by atoms with Crippen LogP contribution in [-0.4, -0.2) is 48.0 Å². The molecule has 0 unspecified atom stereocenters. The Morgan fingerprint density at radius 2 is 1.91 bits per heavy atom. The minimum atomic E-state index is -3.74. The van der Waals surface area contributed by atoms with Gasteiger partial charge in [0.15, 0.2) is 0 Å². The van der Waals surface area contributed by atoms with Gasteiger partial charge in [-0.15, -0.1) is 0 Å². The topological polar surface area (TPSA) is 143 Å². The number of rotatable bonds is 8. The van der Waals surface area contributed by atoms with Crippen LogP contribution in [0.25, 0.3) is 0 Å². The number of methoxy groups -OCH3 is 1. The summed E-state index contributed by atoms with van der Waals surface area (Å²) in [6.07, 6.45) is 1.63. The first-order valence-corrected chi connectivity index (χ1v) is 13.5. The summed E-state index contributed by atoms with van der Waals surface area (Å²) in [5.74, 6) is -0.271. The van der Waals surface area contributed by atoms with Crippen molar-refractivity contribution in [3.05, 3.63) is 48.0 Å².